The molecule has 0 aliphatic rings. The first-order valence-electron chi connectivity index (χ1n) is 8.73. The molecule has 0 spiro atoms. The zero-order valence-corrected chi connectivity index (χ0v) is 15.1. The minimum absolute atomic E-state index is 0.443. The number of hydrogen-bond acceptors (Lipinski definition) is 3. The maximum absolute atomic E-state index is 11.8. The highest BCUT2D eigenvalue weighted by Gasteiger charge is 2.22. The van der Waals surface area contributed by atoms with E-state index in [1.807, 2.05) is 56.3 Å². The molecule has 0 aromatic heterocycles. The second-order valence-corrected chi connectivity index (χ2v) is 6.04. The summed E-state index contributed by atoms with van der Waals surface area (Å²) in [7, 11) is 0. The predicted molar refractivity (Wildman–Crippen MR) is 98.7 cm³/mol. The molecule has 4 nitrogen and oxygen atoms in total. The number of ether oxygens (including phenoxy) is 2. The summed E-state index contributed by atoms with van der Waals surface area (Å²) in [6.45, 7) is 7.19. The number of aliphatic carboxylic acids is 1. The Balaban J connectivity index is 2.17. The molecule has 2 aromatic carbocycles. The van der Waals surface area contributed by atoms with E-state index in [-0.39, 0.29) is 0 Å². The van der Waals surface area contributed by atoms with Crippen LogP contribution in [0.25, 0.3) is 0 Å². The van der Waals surface area contributed by atoms with E-state index in [0.29, 0.717) is 19.6 Å². The Labute approximate surface area is 149 Å². The molecule has 1 N–H and O–H groups in total. The summed E-state index contributed by atoms with van der Waals surface area (Å²) in [6.07, 6.45) is 1.40. The zero-order valence-electron chi connectivity index (χ0n) is 15.1. The quantitative estimate of drug-likeness (QED) is 0.724. The Kier molecular flexibility index (Phi) is 6.87. The van der Waals surface area contributed by atoms with Gasteiger partial charge >= 0.3 is 5.97 Å². The summed E-state index contributed by atoms with van der Waals surface area (Å²) in [5.74, 6) is 0.177. The van der Waals surface area contributed by atoms with Crippen LogP contribution in [0.4, 0.5) is 0 Å². The number of carboxylic acids is 1. The Morgan fingerprint density at radius 2 is 1.72 bits per heavy atom. The van der Waals surface area contributed by atoms with Crippen LogP contribution in [-0.2, 0) is 11.2 Å². The summed E-state index contributed by atoms with van der Waals surface area (Å²) in [5, 5.41) is 9.70. The van der Waals surface area contributed by atoms with Gasteiger partial charge in [0, 0.05) is 0 Å². The molecule has 2 rings (SSSR count). The fourth-order valence-corrected chi connectivity index (χ4v) is 2.80. The van der Waals surface area contributed by atoms with Crippen molar-refractivity contribution in [3.8, 4) is 11.5 Å². The lowest BCUT2D eigenvalue weighted by molar-refractivity contribution is -0.138. The summed E-state index contributed by atoms with van der Waals surface area (Å²) in [5.41, 5.74) is 2.73. The molecule has 0 saturated heterocycles. The predicted octanol–water partition coefficient (Wildman–Crippen LogP) is 4.59. The number of carbonyl (C=O) groups is 1. The monoisotopic (exact) mass is 342 g/mol. The molecule has 0 amide bonds. The highest BCUT2D eigenvalue weighted by Crippen LogP contribution is 2.28. The van der Waals surface area contributed by atoms with E-state index < -0.39 is 11.9 Å². The van der Waals surface area contributed by atoms with Gasteiger partial charge in [0.25, 0.3) is 0 Å². The second-order valence-electron chi connectivity index (χ2n) is 6.04. The molecule has 0 aliphatic heterocycles. The molecule has 0 heterocycles. The molecule has 0 aliphatic carbocycles. The number of aryl methyl sites for hydroxylation is 1. The Bertz CT molecular complexity index is 692. The van der Waals surface area contributed by atoms with Crippen LogP contribution in [0, 0.1) is 6.92 Å². The van der Waals surface area contributed by atoms with Gasteiger partial charge in [-0.2, -0.15) is 0 Å². The fourth-order valence-electron chi connectivity index (χ4n) is 2.80. The minimum Gasteiger partial charge on any atom is -0.494 e. The molecule has 25 heavy (non-hydrogen) atoms. The van der Waals surface area contributed by atoms with Gasteiger partial charge in [0.2, 0.25) is 0 Å². The fraction of sp³-hybridized carbons (Fsp3) is 0.381. The average Bonchev–Trinajstić information content (AvgIpc) is 2.59. The first-order valence-corrected chi connectivity index (χ1v) is 8.73. The Morgan fingerprint density at radius 1 is 1.04 bits per heavy atom. The van der Waals surface area contributed by atoms with Crippen molar-refractivity contribution >= 4 is 5.97 Å². The third kappa shape index (κ3) is 5.24. The summed E-state index contributed by atoms with van der Waals surface area (Å²) < 4.78 is 11.1. The van der Waals surface area contributed by atoms with Crippen LogP contribution >= 0.6 is 0 Å². The maximum atomic E-state index is 11.8. The van der Waals surface area contributed by atoms with Gasteiger partial charge in [-0.15, -0.1) is 0 Å². The van der Waals surface area contributed by atoms with Gasteiger partial charge < -0.3 is 14.6 Å². The SMILES string of the molecule is CCCOc1ccc(CC(C(=O)O)c2ccc(OCC)cc2C)cc1. The average molecular weight is 342 g/mol. The number of carboxylic acid groups (broad SMARTS) is 1. The highest BCUT2D eigenvalue weighted by atomic mass is 16.5. The molecule has 134 valence electrons. The smallest absolute Gasteiger partial charge is 0.311 e. The molecule has 0 saturated carbocycles. The van der Waals surface area contributed by atoms with E-state index in [2.05, 4.69) is 6.92 Å². The van der Waals surface area contributed by atoms with Crippen LogP contribution in [0.2, 0.25) is 0 Å². The van der Waals surface area contributed by atoms with Crippen molar-refractivity contribution in [2.75, 3.05) is 13.2 Å². The number of hydrogen-bond donors (Lipinski definition) is 1. The first kappa shape index (κ1) is 18.8. The second kappa shape index (κ2) is 9.11. The van der Waals surface area contributed by atoms with Gasteiger partial charge in [0.05, 0.1) is 19.1 Å². The van der Waals surface area contributed by atoms with E-state index in [1.165, 1.54) is 0 Å². The van der Waals surface area contributed by atoms with Crippen LogP contribution in [0.15, 0.2) is 42.5 Å². The molecule has 4 heteroatoms. The third-order valence-electron chi connectivity index (χ3n) is 4.06. The van der Waals surface area contributed by atoms with E-state index in [1.54, 1.807) is 0 Å². The lowest BCUT2D eigenvalue weighted by Gasteiger charge is -2.17. The molecule has 0 fully saturated rings. The van der Waals surface area contributed by atoms with Crippen molar-refractivity contribution < 1.29 is 19.4 Å². The van der Waals surface area contributed by atoms with Gasteiger partial charge in [0.15, 0.2) is 0 Å². The van der Waals surface area contributed by atoms with Gasteiger partial charge in [-0.3, -0.25) is 4.79 Å². The zero-order chi connectivity index (χ0) is 18.2. The van der Waals surface area contributed by atoms with Gasteiger partial charge in [-0.05, 0) is 67.6 Å². The van der Waals surface area contributed by atoms with Crippen molar-refractivity contribution in [3.63, 3.8) is 0 Å². The number of rotatable bonds is 9. The van der Waals surface area contributed by atoms with Gasteiger partial charge in [-0.25, -0.2) is 0 Å². The van der Waals surface area contributed by atoms with Crippen LogP contribution in [0.5, 0.6) is 11.5 Å². The van der Waals surface area contributed by atoms with Crippen molar-refractivity contribution in [1.82, 2.24) is 0 Å². The van der Waals surface area contributed by atoms with Crippen LogP contribution in [-0.4, -0.2) is 24.3 Å². The van der Waals surface area contributed by atoms with Crippen molar-refractivity contribution in [1.29, 1.82) is 0 Å². The Morgan fingerprint density at radius 3 is 2.28 bits per heavy atom. The summed E-state index contributed by atoms with van der Waals surface area (Å²) in [4.78, 5) is 11.8. The molecule has 1 unspecified atom stereocenters. The van der Waals surface area contributed by atoms with Crippen LogP contribution in [0.3, 0.4) is 0 Å². The minimum atomic E-state index is -0.821. The number of benzene rings is 2. The van der Waals surface area contributed by atoms with Crippen molar-refractivity contribution in [3.05, 3.63) is 59.2 Å². The van der Waals surface area contributed by atoms with Crippen LogP contribution < -0.4 is 9.47 Å². The van der Waals surface area contributed by atoms with Gasteiger partial charge in [0.1, 0.15) is 11.5 Å². The van der Waals surface area contributed by atoms with E-state index in [4.69, 9.17) is 9.47 Å². The molecule has 0 radical (unpaired) electrons. The van der Waals surface area contributed by atoms with E-state index in [0.717, 1.165) is 34.6 Å². The molecular weight excluding hydrogens is 316 g/mol. The van der Waals surface area contributed by atoms with E-state index >= 15 is 0 Å². The molecule has 2 aromatic rings. The lowest BCUT2D eigenvalue weighted by Crippen LogP contribution is -2.15. The topological polar surface area (TPSA) is 55.8 Å². The molecule has 1 atom stereocenters. The lowest BCUT2D eigenvalue weighted by atomic mass is 9.89. The van der Waals surface area contributed by atoms with Crippen LogP contribution in [0.1, 0.15) is 42.9 Å². The normalized spacial score (nSPS) is 11.8. The molecule has 0 bridgehead atoms. The van der Waals surface area contributed by atoms with Crippen molar-refractivity contribution in [2.45, 2.75) is 39.5 Å². The molecular formula is C21H26O4. The van der Waals surface area contributed by atoms with Crippen molar-refractivity contribution in [2.24, 2.45) is 0 Å². The Hall–Kier alpha value is -2.49. The van der Waals surface area contributed by atoms with E-state index in [9.17, 15) is 9.90 Å². The summed E-state index contributed by atoms with van der Waals surface area (Å²) >= 11 is 0. The highest BCUT2D eigenvalue weighted by molar-refractivity contribution is 5.77. The standard InChI is InChI=1S/C21H26O4/c1-4-12-25-17-8-6-16(7-9-17)14-20(21(22)23)19-11-10-18(24-5-2)13-15(19)3/h6-11,13,20H,4-5,12,14H2,1-3H3,(H,22,23). The summed E-state index contributed by atoms with van der Waals surface area (Å²) in [6, 6.07) is 13.3. The first-order chi connectivity index (χ1) is 12.0. The largest absolute Gasteiger partial charge is 0.494 e. The third-order valence-corrected chi connectivity index (χ3v) is 4.06. The maximum Gasteiger partial charge on any atom is 0.311 e. The van der Waals surface area contributed by atoms with Gasteiger partial charge in [-0.1, -0.05) is 25.1 Å².